The van der Waals surface area contributed by atoms with E-state index >= 15 is 0 Å². The van der Waals surface area contributed by atoms with E-state index in [-0.39, 0.29) is 6.10 Å². The van der Waals surface area contributed by atoms with Gasteiger partial charge in [0.15, 0.2) is 0 Å². The minimum absolute atomic E-state index is 0.209. The van der Waals surface area contributed by atoms with Crippen molar-refractivity contribution >= 4 is 11.8 Å². The highest BCUT2D eigenvalue weighted by Crippen LogP contribution is 2.09. The molecule has 0 aliphatic rings. The van der Waals surface area contributed by atoms with Crippen LogP contribution < -0.4 is 5.32 Å². The van der Waals surface area contributed by atoms with Crippen molar-refractivity contribution in [2.45, 2.75) is 45.1 Å². The molecule has 74 valence electrons. The molecule has 1 atom stereocenters. The second-order valence-electron chi connectivity index (χ2n) is 3.60. The first kappa shape index (κ1) is 12.3. The van der Waals surface area contributed by atoms with Crippen molar-refractivity contribution < 1.29 is 5.11 Å². The standard InChI is InChI=1S/C9H21NOS/c1-7(2)10-5-9(11)6-12-8(3)4/h7-11H,5-6H2,1-4H3. The van der Waals surface area contributed by atoms with Gasteiger partial charge in [0.25, 0.3) is 0 Å². The molecular weight excluding hydrogens is 170 g/mol. The predicted octanol–water partition coefficient (Wildman–Crippen LogP) is 1.49. The highest BCUT2D eigenvalue weighted by Gasteiger charge is 2.05. The van der Waals surface area contributed by atoms with Crippen LogP contribution in [0.4, 0.5) is 0 Å². The van der Waals surface area contributed by atoms with Gasteiger partial charge >= 0.3 is 0 Å². The molecule has 2 nitrogen and oxygen atoms in total. The molecule has 0 fully saturated rings. The summed E-state index contributed by atoms with van der Waals surface area (Å²) < 4.78 is 0. The highest BCUT2D eigenvalue weighted by molar-refractivity contribution is 7.99. The second kappa shape index (κ2) is 6.75. The van der Waals surface area contributed by atoms with Crippen molar-refractivity contribution in [1.82, 2.24) is 5.32 Å². The number of nitrogens with one attached hydrogen (secondary N) is 1. The van der Waals surface area contributed by atoms with Crippen molar-refractivity contribution in [3.8, 4) is 0 Å². The van der Waals surface area contributed by atoms with Gasteiger partial charge in [-0.05, 0) is 5.25 Å². The van der Waals surface area contributed by atoms with Gasteiger partial charge in [0.2, 0.25) is 0 Å². The quantitative estimate of drug-likeness (QED) is 0.667. The van der Waals surface area contributed by atoms with Gasteiger partial charge in [-0.15, -0.1) is 0 Å². The van der Waals surface area contributed by atoms with Crippen LogP contribution in [0.3, 0.4) is 0 Å². The third kappa shape index (κ3) is 8.37. The first-order valence-electron chi connectivity index (χ1n) is 4.55. The van der Waals surface area contributed by atoms with Gasteiger partial charge in [-0.2, -0.15) is 11.8 Å². The average molecular weight is 191 g/mol. The van der Waals surface area contributed by atoms with Gasteiger partial charge in [-0.3, -0.25) is 0 Å². The van der Waals surface area contributed by atoms with Gasteiger partial charge in [0.05, 0.1) is 6.10 Å². The van der Waals surface area contributed by atoms with E-state index in [9.17, 15) is 5.11 Å². The maximum atomic E-state index is 9.46. The lowest BCUT2D eigenvalue weighted by atomic mass is 10.3. The minimum atomic E-state index is -0.209. The first-order chi connectivity index (χ1) is 5.52. The lowest BCUT2D eigenvalue weighted by Crippen LogP contribution is -2.33. The van der Waals surface area contributed by atoms with Gasteiger partial charge in [-0.25, -0.2) is 0 Å². The van der Waals surface area contributed by atoms with E-state index in [2.05, 4.69) is 33.0 Å². The molecule has 0 radical (unpaired) electrons. The summed E-state index contributed by atoms with van der Waals surface area (Å²) in [7, 11) is 0. The van der Waals surface area contributed by atoms with E-state index < -0.39 is 0 Å². The molecular formula is C9H21NOS. The third-order valence-electron chi connectivity index (χ3n) is 1.38. The van der Waals surface area contributed by atoms with Crippen LogP contribution in [-0.2, 0) is 0 Å². The SMILES string of the molecule is CC(C)NCC(O)CSC(C)C. The van der Waals surface area contributed by atoms with Crippen molar-refractivity contribution in [3.05, 3.63) is 0 Å². The van der Waals surface area contributed by atoms with Crippen molar-refractivity contribution in [2.75, 3.05) is 12.3 Å². The van der Waals surface area contributed by atoms with E-state index in [1.54, 1.807) is 11.8 Å². The van der Waals surface area contributed by atoms with Crippen LogP contribution in [0, 0.1) is 0 Å². The summed E-state index contributed by atoms with van der Waals surface area (Å²) in [6.45, 7) is 9.17. The summed E-state index contributed by atoms with van der Waals surface area (Å²) in [5.41, 5.74) is 0. The molecule has 12 heavy (non-hydrogen) atoms. The fourth-order valence-electron chi connectivity index (χ4n) is 0.734. The molecule has 0 aromatic carbocycles. The van der Waals surface area contributed by atoms with Crippen LogP contribution in [0.2, 0.25) is 0 Å². The molecule has 0 aliphatic heterocycles. The summed E-state index contributed by atoms with van der Waals surface area (Å²) in [5.74, 6) is 0.831. The number of aliphatic hydroxyl groups is 1. The zero-order valence-corrected chi connectivity index (χ0v) is 9.32. The van der Waals surface area contributed by atoms with Crippen LogP contribution >= 0.6 is 11.8 Å². The zero-order chi connectivity index (χ0) is 9.56. The fourth-order valence-corrected chi connectivity index (χ4v) is 1.46. The Morgan fingerprint density at radius 1 is 1.25 bits per heavy atom. The molecule has 3 heteroatoms. The Bertz CT molecular complexity index is 94.7. The predicted molar refractivity (Wildman–Crippen MR) is 56.7 cm³/mol. The fraction of sp³-hybridized carbons (Fsp3) is 1.00. The number of hydrogen-bond acceptors (Lipinski definition) is 3. The van der Waals surface area contributed by atoms with Crippen molar-refractivity contribution in [3.63, 3.8) is 0 Å². The normalized spacial score (nSPS) is 14.2. The van der Waals surface area contributed by atoms with Gasteiger partial charge in [0, 0.05) is 18.3 Å². The molecule has 0 heterocycles. The molecule has 0 spiro atoms. The summed E-state index contributed by atoms with van der Waals surface area (Å²) in [6, 6.07) is 0.462. The molecule has 0 saturated carbocycles. The van der Waals surface area contributed by atoms with E-state index in [0.717, 1.165) is 5.75 Å². The third-order valence-corrected chi connectivity index (χ3v) is 2.63. The lowest BCUT2D eigenvalue weighted by Gasteiger charge is -2.14. The van der Waals surface area contributed by atoms with Gasteiger partial charge in [-0.1, -0.05) is 27.7 Å². The van der Waals surface area contributed by atoms with E-state index in [1.807, 2.05) is 0 Å². The largest absolute Gasteiger partial charge is 0.391 e. The Morgan fingerprint density at radius 2 is 1.83 bits per heavy atom. The number of aliphatic hydroxyl groups excluding tert-OH is 1. The summed E-state index contributed by atoms with van der Waals surface area (Å²) in [6.07, 6.45) is -0.209. The monoisotopic (exact) mass is 191 g/mol. The van der Waals surface area contributed by atoms with Gasteiger partial charge < -0.3 is 10.4 Å². The van der Waals surface area contributed by atoms with E-state index in [0.29, 0.717) is 17.8 Å². The lowest BCUT2D eigenvalue weighted by molar-refractivity contribution is 0.192. The smallest absolute Gasteiger partial charge is 0.0755 e. The van der Waals surface area contributed by atoms with E-state index in [1.165, 1.54) is 0 Å². The minimum Gasteiger partial charge on any atom is -0.391 e. The Labute approximate surface area is 80.1 Å². The Kier molecular flexibility index (Phi) is 6.90. The summed E-state index contributed by atoms with van der Waals surface area (Å²) >= 11 is 1.80. The Balaban J connectivity index is 3.27. The Morgan fingerprint density at radius 3 is 2.25 bits per heavy atom. The van der Waals surface area contributed by atoms with Crippen LogP contribution in [-0.4, -0.2) is 34.8 Å². The molecule has 0 rings (SSSR count). The molecule has 0 aliphatic carbocycles. The number of thioether (sulfide) groups is 1. The zero-order valence-electron chi connectivity index (χ0n) is 8.50. The maximum absolute atomic E-state index is 9.46. The van der Waals surface area contributed by atoms with Crippen molar-refractivity contribution in [1.29, 1.82) is 0 Å². The Hall–Kier alpha value is 0.270. The van der Waals surface area contributed by atoms with Crippen LogP contribution in [0.25, 0.3) is 0 Å². The molecule has 0 aromatic rings. The first-order valence-corrected chi connectivity index (χ1v) is 5.60. The second-order valence-corrected chi connectivity index (χ2v) is 5.21. The molecule has 2 N–H and O–H groups in total. The highest BCUT2D eigenvalue weighted by atomic mass is 32.2. The van der Waals surface area contributed by atoms with Gasteiger partial charge in [0.1, 0.15) is 0 Å². The van der Waals surface area contributed by atoms with Crippen LogP contribution in [0.5, 0.6) is 0 Å². The summed E-state index contributed by atoms with van der Waals surface area (Å²) in [5, 5.41) is 13.3. The number of hydrogen-bond donors (Lipinski definition) is 2. The average Bonchev–Trinajstić information content (AvgIpc) is 1.96. The number of rotatable bonds is 6. The molecule has 1 unspecified atom stereocenters. The summed E-state index contributed by atoms with van der Waals surface area (Å²) in [4.78, 5) is 0. The molecule has 0 aromatic heterocycles. The maximum Gasteiger partial charge on any atom is 0.0755 e. The van der Waals surface area contributed by atoms with Crippen LogP contribution in [0.15, 0.2) is 0 Å². The topological polar surface area (TPSA) is 32.3 Å². The van der Waals surface area contributed by atoms with Crippen LogP contribution in [0.1, 0.15) is 27.7 Å². The molecule has 0 amide bonds. The molecule has 0 saturated heterocycles. The van der Waals surface area contributed by atoms with Crippen molar-refractivity contribution in [2.24, 2.45) is 0 Å². The van der Waals surface area contributed by atoms with E-state index in [4.69, 9.17) is 0 Å². The molecule has 0 bridgehead atoms.